The molecule has 2 rings (SSSR count). The van der Waals surface area contributed by atoms with Crippen LogP contribution in [0.4, 0.5) is 0 Å². The van der Waals surface area contributed by atoms with E-state index in [2.05, 4.69) is 0 Å². The molecule has 0 bridgehead atoms. The Morgan fingerprint density at radius 3 is 2.71 bits per heavy atom. The van der Waals surface area contributed by atoms with Crippen LogP contribution in [-0.4, -0.2) is 79.8 Å². The summed E-state index contributed by atoms with van der Waals surface area (Å²) in [5.41, 5.74) is 0.937. The van der Waals surface area contributed by atoms with E-state index in [4.69, 9.17) is 14.6 Å². The minimum Gasteiger partial charge on any atom is -0.497 e. The van der Waals surface area contributed by atoms with Gasteiger partial charge in [-0.25, -0.2) is 0 Å². The number of ether oxygens (including phenoxy) is 2. The molecular weight excluding hydrogens is 312 g/mol. The van der Waals surface area contributed by atoms with Crippen molar-refractivity contribution in [2.75, 3.05) is 46.9 Å². The second-order valence-corrected chi connectivity index (χ2v) is 5.95. The lowest BCUT2D eigenvalue weighted by atomic mass is 10.1. The summed E-state index contributed by atoms with van der Waals surface area (Å²) < 4.78 is 10.8. The summed E-state index contributed by atoms with van der Waals surface area (Å²) in [6.07, 6.45) is 0.171. The molecule has 1 aliphatic rings. The molecule has 0 aromatic heterocycles. The fourth-order valence-electron chi connectivity index (χ4n) is 2.73. The molecular formula is C17H24N2O5. The van der Waals surface area contributed by atoms with E-state index in [1.807, 2.05) is 24.3 Å². The van der Waals surface area contributed by atoms with Crippen molar-refractivity contribution in [3.63, 3.8) is 0 Å². The third kappa shape index (κ3) is 5.50. The highest BCUT2D eigenvalue weighted by atomic mass is 16.5. The summed E-state index contributed by atoms with van der Waals surface area (Å²) in [4.78, 5) is 26.6. The number of morpholine rings is 1. The Bertz CT molecular complexity index is 561. The highest BCUT2D eigenvalue weighted by molar-refractivity contribution is 5.79. The first-order valence-corrected chi connectivity index (χ1v) is 7.90. The van der Waals surface area contributed by atoms with E-state index in [0.29, 0.717) is 32.7 Å². The molecule has 0 saturated carbocycles. The van der Waals surface area contributed by atoms with E-state index < -0.39 is 5.97 Å². The highest BCUT2D eigenvalue weighted by Gasteiger charge is 2.25. The highest BCUT2D eigenvalue weighted by Crippen LogP contribution is 2.14. The van der Waals surface area contributed by atoms with Crippen LogP contribution in [0.2, 0.25) is 0 Å². The minimum atomic E-state index is -0.874. The van der Waals surface area contributed by atoms with Gasteiger partial charge in [0.25, 0.3) is 0 Å². The van der Waals surface area contributed by atoms with Crippen LogP contribution in [0.1, 0.15) is 5.56 Å². The number of likely N-dealkylation sites (N-methyl/N-ethyl adjacent to an activating group) is 1. The van der Waals surface area contributed by atoms with Crippen molar-refractivity contribution in [1.82, 2.24) is 9.80 Å². The van der Waals surface area contributed by atoms with Gasteiger partial charge in [0, 0.05) is 19.6 Å². The number of carbonyl (C=O) groups excluding carboxylic acids is 1. The van der Waals surface area contributed by atoms with Crippen LogP contribution in [0.3, 0.4) is 0 Å². The lowest BCUT2D eigenvalue weighted by Crippen LogP contribution is -2.50. The summed E-state index contributed by atoms with van der Waals surface area (Å²) in [5.74, 6) is -0.0609. The number of benzene rings is 1. The minimum absolute atomic E-state index is 0.0420. The van der Waals surface area contributed by atoms with Crippen LogP contribution in [0.5, 0.6) is 5.75 Å². The maximum Gasteiger partial charge on any atom is 0.317 e. The summed E-state index contributed by atoms with van der Waals surface area (Å²) in [5, 5.41) is 8.80. The Morgan fingerprint density at radius 2 is 2.08 bits per heavy atom. The summed E-state index contributed by atoms with van der Waals surface area (Å²) in [6.45, 7) is 1.96. The van der Waals surface area contributed by atoms with E-state index >= 15 is 0 Å². The Morgan fingerprint density at radius 1 is 1.38 bits per heavy atom. The molecule has 1 fully saturated rings. The lowest BCUT2D eigenvalue weighted by molar-refractivity contribution is -0.142. The van der Waals surface area contributed by atoms with Gasteiger partial charge < -0.3 is 19.5 Å². The van der Waals surface area contributed by atoms with Crippen LogP contribution < -0.4 is 4.74 Å². The molecule has 0 aliphatic carbocycles. The molecule has 0 spiro atoms. The van der Waals surface area contributed by atoms with Crippen LogP contribution in [-0.2, 0) is 20.7 Å². The number of rotatable bonds is 7. The fourth-order valence-corrected chi connectivity index (χ4v) is 2.73. The monoisotopic (exact) mass is 336 g/mol. The zero-order chi connectivity index (χ0) is 17.5. The van der Waals surface area contributed by atoms with Gasteiger partial charge in [0.2, 0.25) is 5.91 Å². The molecule has 7 heteroatoms. The molecule has 1 aromatic rings. The Labute approximate surface area is 141 Å². The van der Waals surface area contributed by atoms with E-state index in [-0.39, 0.29) is 18.6 Å². The van der Waals surface area contributed by atoms with Gasteiger partial charge in [0.05, 0.1) is 32.8 Å². The molecule has 0 radical (unpaired) electrons. The first-order valence-electron chi connectivity index (χ1n) is 7.90. The van der Waals surface area contributed by atoms with Gasteiger partial charge in [-0.3, -0.25) is 14.5 Å². The number of hydrogen-bond donors (Lipinski definition) is 1. The summed E-state index contributed by atoms with van der Waals surface area (Å²) >= 11 is 0. The number of carbonyl (C=O) groups is 2. The van der Waals surface area contributed by atoms with E-state index in [0.717, 1.165) is 11.3 Å². The normalized spacial score (nSPS) is 17.8. The topological polar surface area (TPSA) is 79.3 Å². The molecule has 1 amide bonds. The molecule has 1 aliphatic heterocycles. The van der Waals surface area contributed by atoms with Gasteiger partial charge in [-0.2, -0.15) is 0 Å². The summed E-state index contributed by atoms with van der Waals surface area (Å²) in [7, 11) is 3.34. The Hall–Kier alpha value is -2.12. The van der Waals surface area contributed by atoms with Gasteiger partial charge in [-0.15, -0.1) is 0 Å². The number of methoxy groups -OCH3 is 1. The van der Waals surface area contributed by atoms with Crippen molar-refractivity contribution >= 4 is 11.9 Å². The molecule has 7 nitrogen and oxygen atoms in total. The average Bonchev–Trinajstić information content (AvgIpc) is 2.55. The zero-order valence-electron chi connectivity index (χ0n) is 14.1. The smallest absolute Gasteiger partial charge is 0.317 e. The third-order valence-electron chi connectivity index (χ3n) is 3.93. The predicted octanol–water partition coefficient (Wildman–Crippen LogP) is 0.482. The Kier molecular flexibility index (Phi) is 6.57. The summed E-state index contributed by atoms with van der Waals surface area (Å²) in [6, 6.07) is 7.45. The van der Waals surface area contributed by atoms with Gasteiger partial charge >= 0.3 is 5.97 Å². The van der Waals surface area contributed by atoms with Crippen molar-refractivity contribution in [1.29, 1.82) is 0 Å². The number of amides is 1. The standard InChI is InChI=1S/C17H24N2O5/c1-18(12-17(21)22)10-15-11-19(7-8-24-15)16(20)9-13-3-5-14(23-2)6-4-13/h3-6,15H,7-12H2,1-2H3,(H,21,22). The number of hydrogen-bond acceptors (Lipinski definition) is 5. The maximum absolute atomic E-state index is 12.5. The van der Waals surface area contributed by atoms with Crippen LogP contribution in [0.25, 0.3) is 0 Å². The molecule has 1 heterocycles. The number of carboxylic acid groups (broad SMARTS) is 1. The fraction of sp³-hybridized carbons (Fsp3) is 0.529. The molecule has 1 saturated heterocycles. The van der Waals surface area contributed by atoms with Gasteiger partial charge in [-0.1, -0.05) is 12.1 Å². The van der Waals surface area contributed by atoms with Gasteiger partial charge in [0.15, 0.2) is 0 Å². The van der Waals surface area contributed by atoms with Crippen molar-refractivity contribution in [2.45, 2.75) is 12.5 Å². The zero-order valence-corrected chi connectivity index (χ0v) is 14.1. The van der Waals surface area contributed by atoms with Crippen molar-refractivity contribution in [3.05, 3.63) is 29.8 Å². The van der Waals surface area contributed by atoms with Crippen molar-refractivity contribution in [2.24, 2.45) is 0 Å². The largest absolute Gasteiger partial charge is 0.497 e. The third-order valence-corrected chi connectivity index (χ3v) is 3.93. The van der Waals surface area contributed by atoms with E-state index in [1.54, 1.807) is 24.0 Å². The predicted molar refractivity (Wildman–Crippen MR) is 88.2 cm³/mol. The second kappa shape index (κ2) is 8.65. The van der Waals surface area contributed by atoms with Crippen LogP contribution in [0, 0.1) is 0 Å². The quantitative estimate of drug-likeness (QED) is 0.780. The van der Waals surface area contributed by atoms with E-state index in [9.17, 15) is 9.59 Å². The SMILES string of the molecule is COc1ccc(CC(=O)N2CCOC(CN(C)CC(=O)O)C2)cc1. The van der Waals surface area contributed by atoms with Crippen LogP contribution in [0.15, 0.2) is 24.3 Å². The lowest BCUT2D eigenvalue weighted by Gasteiger charge is -2.34. The molecule has 1 atom stereocenters. The molecule has 1 N–H and O–H groups in total. The van der Waals surface area contributed by atoms with Gasteiger partial charge in [-0.05, 0) is 24.7 Å². The Balaban J connectivity index is 1.86. The molecule has 24 heavy (non-hydrogen) atoms. The van der Waals surface area contributed by atoms with Crippen LogP contribution >= 0.6 is 0 Å². The van der Waals surface area contributed by atoms with Gasteiger partial charge in [0.1, 0.15) is 5.75 Å². The maximum atomic E-state index is 12.5. The van der Waals surface area contributed by atoms with Crippen molar-refractivity contribution < 1.29 is 24.2 Å². The number of carboxylic acids is 1. The first-order chi connectivity index (χ1) is 11.5. The molecule has 1 aromatic carbocycles. The molecule has 1 unspecified atom stereocenters. The average molecular weight is 336 g/mol. The number of aliphatic carboxylic acids is 1. The first kappa shape index (κ1) is 18.2. The molecule has 132 valence electrons. The van der Waals surface area contributed by atoms with Crippen molar-refractivity contribution in [3.8, 4) is 5.75 Å². The van der Waals surface area contributed by atoms with E-state index in [1.165, 1.54) is 0 Å². The number of nitrogens with zero attached hydrogens (tertiary/aromatic N) is 2. The second-order valence-electron chi connectivity index (χ2n) is 5.95.